The Balaban J connectivity index is 1.56. The summed E-state index contributed by atoms with van der Waals surface area (Å²) in [6.07, 6.45) is 7.25. The lowest BCUT2D eigenvalue weighted by Crippen LogP contribution is -2.47. The summed E-state index contributed by atoms with van der Waals surface area (Å²) in [4.78, 5) is 5.41. The summed E-state index contributed by atoms with van der Waals surface area (Å²) in [5.74, 6) is 2.02. The van der Waals surface area contributed by atoms with Gasteiger partial charge < -0.3 is 4.90 Å². The Hall–Kier alpha value is -0.0800. The molecular formula is C14H26N2. The van der Waals surface area contributed by atoms with Crippen molar-refractivity contribution in [2.75, 3.05) is 26.7 Å². The van der Waals surface area contributed by atoms with Gasteiger partial charge in [-0.25, -0.2) is 0 Å². The fourth-order valence-electron chi connectivity index (χ4n) is 4.29. The standard InChI is InChI=1S/C14H26N2/c1-3-11-4-6-16(7-5-11)14-9-13-8-12(14)10-15(13)2/h11-14H,3-10H2,1-2H3. The van der Waals surface area contributed by atoms with Gasteiger partial charge >= 0.3 is 0 Å². The molecule has 3 unspecified atom stereocenters. The maximum Gasteiger partial charge on any atom is 0.0151 e. The largest absolute Gasteiger partial charge is 0.303 e. The molecule has 1 aliphatic carbocycles. The minimum absolute atomic E-state index is 0.916. The molecule has 2 heteroatoms. The minimum Gasteiger partial charge on any atom is -0.303 e. The van der Waals surface area contributed by atoms with Crippen molar-refractivity contribution in [2.45, 2.75) is 51.1 Å². The number of likely N-dealkylation sites (tertiary alicyclic amines) is 2. The van der Waals surface area contributed by atoms with Crippen molar-refractivity contribution >= 4 is 0 Å². The van der Waals surface area contributed by atoms with Crippen LogP contribution in [0.2, 0.25) is 0 Å². The van der Waals surface area contributed by atoms with Crippen LogP contribution in [0.5, 0.6) is 0 Å². The molecule has 0 aromatic carbocycles. The van der Waals surface area contributed by atoms with E-state index in [1.807, 2.05) is 0 Å². The van der Waals surface area contributed by atoms with E-state index >= 15 is 0 Å². The van der Waals surface area contributed by atoms with E-state index in [9.17, 15) is 0 Å². The highest BCUT2D eigenvalue weighted by molar-refractivity contribution is 5.01. The number of fused-ring (bicyclic) bond motifs is 2. The molecule has 0 radical (unpaired) electrons. The SMILES string of the molecule is CCC1CCN(C2CC3CC2CN3C)CC1. The van der Waals surface area contributed by atoms with Crippen LogP contribution in [-0.4, -0.2) is 48.6 Å². The Bertz CT molecular complexity index is 243. The van der Waals surface area contributed by atoms with Gasteiger partial charge in [-0.2, -0.15) is 0 Å². The van der Waals surface area contributed by atoms with E-state index in [1.165, 1.54) is 51.7 Å². The summed E-state index contributed by atoms with van der Waals surface area (Å²) in [5.41, 5.74) is 0. The molecule has 3 rings (SSSR count). The third-order valence-corrected chi connectivity index (χ3v) is 5.47. The quantitative estimate of drug-likeness (QED) is 0.707. The van der Waals surface area contributed by atoms with E-state index in [0.717, 1.165) is 23.9 Å². The van der Waals surface area contributed by atoms with Gasteiger partial charge in [0.15, 0.2) is 0 Å². The Labute approximate surface area is 100.0 Å². The lowest BCUT2D eigenvalue weighted by Gasteiger charge is -2.40. The molecule has 3 atom stereocenters. The summed E-state index contributed by atoms with van der Waals surface area (Å²) < 4.78 is 0. The third-order valence-electron chi connectivity index (χ3n) is 5.47. The van der Waals surface area contributed by atoms with E-state index in [4.69, 9.17) is 0 Å². The number of hydrogen-bond acceptors (Lipinski definition) is 2. The van der Waals surface area contributed by atoms with Crippen molar-refractivity contribution in [3.63, 3.8) is 0 Å². The van der Waals surface area contributed by atoms with E-state index in [-0.39, 0.29) is 0 Å². The average Bonchev–Trinajstić information content (AvgIpc) is 2.88. The predicted molar refractivity (Wildman–Crippen MR) is 67.5 cm³/mol. The van der Waals surface area contributed by atoms with Crippen molar-refractivity contribution in [3.8, 4) is 0 Å². The topological polar surface area (TPSA) is 6.48 Å². The van der Waals surface area contributed by atoms with Crippen LogP contribution in [0.3, 0.4) is 0 Å². The van der Waals surface area contributed by atoms with Crippen LogP contribution in [0.1, 0.15) is 39.0 Å². The number of nitrogens with zero attached hydrogens (tertiary/aromatic N) is 2. The molecule has 2 nitrogen and oxygen atoms in total. The van der Waals surface area contributed by atoms with Crippen LogP contribution in [0, 0.1) is 11.8 Å². The second-order valence-corrected chi connectivity index (χ2v) is 6.28. The normalized spacial score (nSPS) is 42.0. The predicted octanol–water partition coefficient (Wildman–Crippen LogP) is 2.20. The monoisotopic (exact) mass is 222 g/mol. The molecule has 2 bridgehead atoms. The van der Waals surface area contributed by atoms with Crippen LogP contribution in [-0.2, 0) is 0 Å². The van der Waals surface area contributed by atoms with Crippen LogP contribution < -0.4 is 0 Å². The average molecular weight is 222 g/mol. The van der Waals surface area contributed by atoms with Gasteiger partial charge in [0.2, 0.25) is 0 Å². The Kier molecular flexibility index (Phi) is 2.97. The van der Waals surface area contributed by atoms with Gasteiger partial charge in [0, 0.05) is 18.6 Å². The Morgan fingerprint density at radius 2 is 1.88 bits per heavy atom. The molecule has 2 aliphatic heterocycles. The van der Waals surface area contributed by atoms with Crippen molar-refractivity contribution in [1.82, 2.24) is 9.80 Å². The van der Waals surface area contributed by atoms with Gasteiger partial charge in [-0.15, -0.1) is 0 Å². The van der Waals surface area contributed by atoms with Gasteiger partial charge in [-0.05, 0) is 57.7 Å². The van der Waals surface area contributed by atoms with E-state index in [0.29, 0.717) is 0 Å². The Morgan fingerprint density at radius 1 is 1.12 bits per heavy atom. The molecule has 16 heavy (non-hydrogen) atoms. The number of piperidine rings is 2. The molecule has 2 heterocycles. The van der Waals surface area contributed by atoms with Gasteiger partial charge in [-0.3, -0.25) is 4.90 Å². The lowest BCUT2D eigenvalue weighted by atomic mass is 9.91. The second kappa shape index (κ2) is 4.30. The first kappa shape index (κ1) is 11.0. The maximum atomic E-state index is 2.82. The number of hydrogen-bond donors (Lipinski definition) is 0. The highest BCUT2D eigenvalue weighted by atomic mass is 15.2. The van der Waals surface area contributed by atoms with E-state index in [2.05, 4.69) is 23.8 Å². The molecule has 0 N–H and O–H groups in total. The fraction of sp³-hybridized carbons (Fsp3) is 1.00. The first-order chi connectivity index (χ1) is 7.78. The van der Waals surface area contributed by atoms with Crippen molar-refractivity contribution in [2.24, 2.45) is 11.8 Å². The fourth-order valence-corrected chi connectivity index (χ4v) is 4.29. The van der Waals surface area contributed by atoms with Crippen LogP contribution in [0.4, 0.5) is 0 Å². The summed E-state index contributed by atoms with van der Waals surface area (Å²) in [7, 11) is 2.31. The zero-order valence-electron chi connectivity index (χ0n) is 10.9. The van der Waals surface area contributed by atoms with Crippen LogP contribution in [0.15, 0.2) is 0 Å². The van der Waals surface area contributed by atoms with Crippen LogP contribution in [0.25, 0.3) is 0 Å². The molecule has 1 saturated carbocycles. The molecule has 0 amide bonds. The molecule has 3 fully saturated rings. The summed E-state index contributed by atoms with van der Waals surface area (Å²) in [6.45, 7) is 6.49. The van der Waals surface area contributed by atoms with Gasteiger partial charge in [0.1, 0.15) is 0 Å². The van der Waals surface area contributed by atoms with Crippen molar-refractivity contribution in [3.05, 3.63) is 0 Å². The molecule has 3 aliphatic rings. The zero-order chi connectivity index (χ0) is 11.1. The molecule has 92 valence electrons. The molecular weight excluding hydrogens is 196 g/mol. The first-order valence-corrected chi connectivity index (χ1v) is 7.22. The van der Waals surface area contributed by atoms with Crippen molar-refractivity contribution in [1.29, 1.82) is 0 Å². The molecule has 2 saturated heterocycles. The van der Waals surface area contributed by atoms with Crippen LogP contribution >= 0.6 is 0 Å². The minimum atomic E-state index is 0.916. The van der Waals surface area contributed by atoms with Gasteiger partial charge in [0.25, 0.3) is 0 Å². The second-order valence-electron chi connectivity index (χ2n) is 6.28. The first-order valence-electron chi connectivity index (χ1n) is 7.22. The summed E-state index contributed by atoms with van der Waals surface area (Å²) in [5, 5.41) is 0. The molecule has 0 aromatic rings. The smallest absolute Gasteiger partial charge is 0.0151 e. The molecule has 0 aromatic heterocycles. The zero-order valence-corrected chi connectivity index (χ0v) is 10.9. The highest BCUT2D eigenvalue weighted by Crippen LogP contribution is 2.40. The molecule has 0 spiro atoms. The summed E-state index contributed by atoms with van der Waals surface area (Å²) in [6, 6.07) is 1.86. The van der Waals surface area contributed by atoms with Crippen molar-refractivity contribution < 1.29 is 0 Å². The number of rotatable bonds is 2. The lowest BCUT2D eigenvalue weighted by molar-refractivity contribution is 0.0781. The maximum absolute atomic E-state index is 2.82. The van der Waals surface area contributed by atoms with Gasteiger partial charge in [-0.1, -0.05) is 13.3 Å². The van der Waals surface area contributed by atoms with E-state index in [1.54, 1.807) is 0 Å². The van der Waals surface area contributed by atoms with Gasteiger partial charge in [0.05, 0.1) is 0 Å². The third kappa shape index (κ3) is 1.80. The summed E-state index contributed by atoms with van der Waals surface area (Å²) >= 11 is 0. The van der Waals surface area contributed by atoms with E-state index < -0.39 is 0 Å². The highest BCUT2D eigenvalue weighted by Gasteiger charge is 2.45. The Morgan fingerprint density at radius 3 is 2.38 bits per heavy atom.